The minimum Gasteiger partial charge on any atom is -0.396 e. The maximum atomic E-state index is 12.6. The van der Waals surface area contributed by atoms with Gasteiger partial charge in [-0.1, -0.05) is 37.1 Å². The van der Waals surface area contributed by atoms with E-state index in [-0.39, 0.29) is 24.2 Å². The van der Waals surface area contributed by atoms with E-state index in [4.69, 9.17) is 14.6 Å². The van der Waals surface area contributed by atoms with Crippen LogP contribution >= 0.6 is 0 Å². The summed E-state index contributed by atoms with van der Waals surface area (Å²) >= 11 is 0. The zero-order valence-electron chi connectivity index (χ0n) is 19.2. The van der Waals surface area contributed by atoms with E-state index in [0.29, 0.717) is 12.3 Å². The van der Waals surface area contributed by atoms with Crippen LogP contribution in [0.25, 0.3) is 0 Å². The molecule has 0 aromatic rings. The average molecular weight is 411 g/mol. The molecule has 0 aromatic heterocycles. The number of ketones is 1. The zero-order valence-corrected chi connectivity index (χ0v) is 19.2. The van der Waals surface area contributed by atoms with Crippen molar-refractivity contribution in [1.29, 1.82) is 0 Å². The number of rotatable bonds is 12. The quantitative estimate of drug-likeness (QED) is 0.474. The van der Waals surface area contributed by atoms with Crippen LogP contribution in [-0.2, 0) is 14.3 Å². The van der Waals surface area contributed by atoms with E-state index < -0.39 is 18.3 Å². The van der Waals surface area contributed by atoms with Crippen molar-refractivity contribution < 1.29 is 24.5 Å². The molecule has 0 radical (unpaired) electrons. The lowest BCUT2D eigenvalue weighted by Crippen LogP contribution is -2.57. The molecule has 29 heavy (non-hydrogen) atoms. The predicted octanol–water partition coefficient (Wildman–Crippen LogP) is 4.07. The molecule has 5 heteroatoms. The van der Waals surface area contributed by atoms with Gasteiger partial charge in [0.2, 0.25) is 0 Å². The summed E-state index contributed by atoms with van der Waals surface area (Å²) in [5.74, 6) is -0.0162. The number of ether oxygens (including phenoxy) is 2. The molecule has 0 saturated heterocycles. The molecule has 0 aliphatic heterocycles. The molecule has 4 unspecified atom stereocenters. The molecular formula is C24H42O5. The Labute approximate surface area is 177 Å². The van der Waals surface area contributed by atoms with Crippen molar-refractivity contribution in [2.24, 2.45) is 17.8 Å². The molecular weight excluding hydrogens is 368 g/mol. The SMILES string of the molecule is COC1C(=O)C(C)[C@@H](C/C=C(\C)CC/C=C(\C)CCCC(C)CO)[C@@H](O)C1OC. The summed E-state index contributed by atoms with van der Waals surface area (Å²) in [6, 6.07) is 0. The van der Waals surface area contributed by atoms with Crippen LogP contribution in [0.5, 0.6) is 0 Å². The second-order valence-electron chi connectivity index (χ2n) is 8.76. The van der Waals surface area contributed by atoms with Crippen molar-refractivity contribution in [3.05, 3.63) is 23.3 Å². The Balaban J connectivity index is 2.53. The lowest BCUT2D eigenvalue weighted by Gasteiger charge is -2.41. The van der Waals surface area contributed by atoms with Gasteiger partial charge >= 0.3 is 0 Å². The van der Waals surface area contributed by atoms with Gasteiger partial charge in [0, 0.05) is 32.7 Å². The first-order valence-corrected chi connectivity index (χ1v) is 11.0. The minimum absolute atomic E-state index is 0.00905. The third kappa shape index (κ3) is 7.97. The molecule has 6 atom stereocenters. The van der Waals surface area contributed by atoms with Crippen LogP contribution in [0, 0.1) is 17.8 Å². The Morgan fingerprint density at radius 1 is 1.14 bits per heavy atom. The van der Waals surface area contributed by atoms with Gasteiger partial charge in [-0.25, -0.2) is 0 Å². The summed E-state index contributed by atoms with van der Waals surface area (Å²) < 4.78 is 10.6. The maximum absolute atomic E-state index is 12.6. The summed E-state index contributed by atoms with van der Waals surface area (Å²) in [5, 5.41) is 19.8. The number of Topliss-reactive ketones (excluding diaryl/α,β-unsaturated/α-hetero) is 1. The van der Waals surface area contributed by atoms with Crippen LogP contribution < -0.4 is 0 Å². The summed E-state index contributed by atoms with van der Waals surface area (Å²) in [5.41, 5.74) is 2.68. The molecule has 1 aliphatic carbocycles. The third-order valence-corrected chi connectivity index (χ3v) is 6.32. The van der Waals surface area contributed by atoms with Gasteiger partial charge < -0.3 is 19.7 Å². The molecule has 5 nitrogen and oxygen atoms in total. The number of allylic oxidation sites excluding steroid dienone is 4. The Morgan fingerprint density at radius 3 is 2.38 bits per heavy atom. The van der Waals surface area contributed by atoms with E-state index in [1.807, 2.05) is 6.92 Å². The Hall–Kier alpha value is -1.01. The number of aliphatic hydroxyl groups is 2. The van der Waals surface area contributed by atoms with Crippen molar-refractivity contribution in [3.8, 4) is 0 Å². The molecule has 1 saturated carbocycles. The largest absolute Gasteiger partial charge is 0.396 e. The highest BCUT2D eigenvalue weighted by Crippen LogP contribution is 2.34. The standard InChI is InChI=1S/C24H42O5/c1-16(10-8-12-18(3)15-25)9-7-11-17(2)13-14-20-19(4)21(26)23(28-5)24(29-6)22(20)27/h9,13,18-20,22-25,27H,7-8,10-12,14-15H2,1-6H3/b16-9+,17-13+/t18?,19?,20-,22-,23?,24?/m1/s1. The first-order valence-electron chi connectivity index (χ1n) is 11.0. The molecule has 168 valence electrons. The summed E-state index contributed by atoms with van der Waals surface area (Å²) in [6.45, 7) is 8.51. The second kappa shape index (κ2) is 13.3. The first-order chi connectivity index (χ1) is 13.8. The van der Waals surface area contributed by atoms with Crippen LogP contribution in [0.15, 0.2) is 23.3 Å². The van der Waals surface area contributed by atoms with Crippen molar-refractivity contribution in [1.82, 2.24) is 0 Å². The summed E-state index contributed by atoms with van der Waals surface area (Å²) in [6.07, 6.45) is 8.34. The van der Waals surface area contributed by atoms with E-state index >= 15 is 0 Å². The molecule has 2 N–H and O–H groups in total. The normalized spacial score (nSPS) is 29.9. The van der Waals surface area contributed by atoms with E-state index in [0.717, 1.165) is 32.1 Å². The van der Waals surface area contributed by atoms with Gasteiger partial charge in [-0.2, -0.15) is 0 Å². The average Bonchev–Trinajstić information content (AvgIpc) is 2.70. The van der Waals surface area contributed by atoms with Crippen molar-refractivity contribution in [2.45, 2.75) is 84.5 Å². The molecule has 0 amide bonds. The highest BCUT2D eigenvalue weighted by atomic mass is 16.5. The van der Waals surface area contributed by atoms with Gasteiger partial charge in [0.25, 0.3) is 0 Å². The second-order valence-corrected chi connectivity index (χ2v) is 8.76. The number of carbonyl (C=O) groups excluding carboxylic acids is 1. The fourth-order valence-corrected chi connectivity index (χ4v) is 4.12. The highest BCUT2D eigenvalue weighted by Gasteiger charge is 2.47. The van der Waals surface area contributed by atoms with E-state index in [2.05, 4.69) is 32.9 Å². The number of methoxy groups -OCH3 is 2. The van der Waals surface area contributed by atoms with Crippen molar-refractivity contribution in [3.63, 3.8) is 0 Å². The van der Waals surface area contributed by atoms with E-state index in [1.165, 1.54) is 25.4 Å². The zero-order chi connectivity index (χ0) is 22.0. The van der Waals surface area contributed by atoms with Crippen LogP contribution in [-0.4, -0.2) is 55.1 Å². The van der Waals surface area contributed by atoms with Crippen molar-refractivity contribution in [2.75, 3.05) is 20.8 Å². The summed E-state index contributed by atoms with van der Waals surface area (Å²) in [4.78, 5) is 12.6. The number of carbonyl (C=O) groups is 1. The molecule has 0 spiro atoms. The van der Waals surface area contributed by atoms with Crippen LogP contribution in [0.2, 0.25) is 0 Å². The van der Waals surface area contributed by atoms with Crippen LogP contribution in [0.4, 0.5) is 0 Å². The fourth-order valence-electron chi connectivity index (χ4n) is 4.12. The van der Waals surface area contributed by atoms with E-state index in [1.54, 1.807) is 0 Å². The molecule has 1 rings (SSSR count). The highest BCUT2D eigenvalue weighted by molar-refractivity contribution is 5.87. The Bertz CT molecular complexity index is 553. The van der Waals surface area contributed by atoms with Gasteiger partial charge in [-0.15, -0.1) is 0 Å². The van der Waals surface area contributed by atoms with Crippen LogP contribution in [0.1, 0.15) is 66.2 Å². The Kier molecular flexibility index (Phi) is 12.0. The first kappa shape index (κ1) is 26.0. The van der Waals surface area contributed by atoms with Gasteiger partial charge in [0.1, 0.15) is 12.2 Å². The molecule has 0 bridgehead atoms. The summed E-state index contributed by atoms with van der Waals surface area (Å²) in [7, 11) is 3.00. The molecule has 1 aliphatic rings. The lowest BCUT2D eigenvalue weighted by atomic mass is 9.72. The van der Waals surface area contributed by atoms with Crippen molar-refractivity contribution >= 4 is 5.78 Å². The monoisotopic (exact) mass is 410 g/mol. The lowest BCUT2D eigenvalue weighted by molar-refractivity contribution is -0.172. The fraction of sp³-hybridized carbons (Fsp3) is 0.792. The van der Waals surface area contributed by atoms with Crippen LogP contribution in [0.3, 0.4) is 0 Å². The number of hydrogen-bond donors (Lipinski definition) is 2. The van der Waals surface area contributed by atoms with Gasteiger partial charge in [-0.05, 0) is 58.3 Å². The predicted molar refractivity (Wildman–Crippen MR) is 117 cm³/mol. The number of aliphatic hydroxyl groups excluding tert-OH is 2. The van der Waals surface area contributed by atoms with Gasteiger partial charge in [-0.3, -0.25) is 4.79 Å². The third-order valence-electron chi connectivity index (χ3n) is 6.32. The van der Waals surface area contributed by atoms with Gasteiger partial charge in [0.15, 0.2) is 5.78 Å². The van der Waals surface area contributed by atoms with Gasteiger partial charge in [0.05, 0.1) is 6.10 Å². The topological polar surface area (TPSA) is 76.0 Å². The maximum Gasteiger partial charge on any atom is 0.167 e. The molecule has 0 aromatic carbocycles. The van der Waals surface area contributed by atoms with E-state index in [9.17, 15) is 9.90 Å². The Morgan fingerprint density at radius 2 is 1.79 bits per heavy atom. The minimum atomic E-state index is -0.717. The number of hydrogen-bond acceptors (Lipinski definition) is 5. The smallest absolute Gasteiger partial charge is 0.167 e. The molecule has 1 fully saturated rings. The molecule has 0 heterocycles.